The number of carbonyl (C=O) groups excluding carboxylic acids is 2. The van der Waals surface area contributed by atoms with Crippen LogP contribution >= 0.6 is 15.9 Å². The van der Waals surface area contributed by atoms with Gasteiger partial charge in [-0.15, -0.1) is 0 Å². The first-order valence-electron chi connectivity index (χ1n) is 9.69. The molecular formula is C22H23BrN2O5S. The Bertz CT molecular complexity index is 1230. The van der Waals surface area contributed by atoms with Gasteiger partial charge >= 0.3 is 5.97 Å². The summed E-state index contributed by atoms with van der Waals surface area (Å²) >= 11 is 3.40. The molecule has 3 rings (SSSR count). The standard InChI is InChI=1S/C22H23BrN2O5S/c1-4-30-22(27)20(24-15(3)26)11-16-13-25(21-12-17(23)7-10-19(16)21)31(28,29)18-8-5-14(2)6-9-18/h5-10,12-13,20H,4,11H2,1-3H3,(H,24,26). The number of amides is 1. The Morgan fingerprint density at radius 3 is 2.45 bits per heavy atom. The molecule has 1 unspecified atom stereocenters. The highest BCUT2D eigenvalue weighted by Crippen LogP contribution is 2.29. The number of hydrogen-bond acceptors (Lipinski definition) is 5. The molecule has 0 aliphatic rings. The summed E-state index contributed by atoms with van der Waals surface area (Å²) in [5.74, 6) is -0.950. The van der Waals surface area contributed by atoms with Crippen molar-refractivity contribution < 1.29 is 22.7 Å². The molecule has 0 aliphatic heterocycles. The SMILES string of the molecule is CCOC(=O)C(Cc1cn(S(=O)(=O)c2ccc(C)cc2)c2cc(Br)ccc12)NC(C)=O. The summed E-state index contributed by atoms with van der Waals surface area (Å²) in [6, 6.07) is 11.0. The van der Waals surface area contributed by atoms with Crippen LogP contribution in [0.3, 0.4) is 0 Å². The maximum absolute atomic E-state index is 13.4. The van der Waals surface area contributed by atoms with Crippen LogP contribution in [0.5, 0.6) is 0 Å². The van der Waals surface area contributed by atoms with Crippen molar-refractivity contribution in [2.75, 3.05) is 6.61 Å². The van der Waals surface area contributed by atoms with E-state index in [1.54, 1.807) is 49.4 Å². The van der Waals surface area contributed by atoms with Crippen LogP contribution < -0.4 is 5.32 Å². The van der Waals surface area contributed by atoms with E-state index in [1.165, 1.54) is 17.1 Å². The number of hydrogen-bond donors (Lipinski definition) is 1. The number of aryl methyl sites for hydroxylation is 1. The molecule has 9 heteroatoms. The molecule has 2 aromatic carbocycles. The topological polar surface area (TPSA) is 94.5 Å². The fourth-order valence-corrected chi connectivity index (χ4v) is 5.06. The van der Waals surface area contributed by atoms with Gasteiger partial charge in [0.05, 0.1) is 17.0 Å². The molecule has 1 aromatic heterocycles. The predicted octanol–water partition coefficient (Wildman–Crippen LogP) is 3.56. The normalized spacial score (nSPS) is 12.5. The van der Waals surface area contributed by atoms with Crippen LogP contribution in [-0.4, -0.2) is 36.9 Å². The van der Waals surface area contributed by atoms with E-state index in [4.69, 9.17) is 4.74 Å². The lowest BCUT2D eigenvalue weighted by Gasteiger charge is -2.16. The molecule has 164 valence electrons. The third-order valence-electron chi connectivity index (χ3n) is 4.77. The summed E-state index contributed by atoms with van der Waals surface area (Å²) in [5.41, 5.74) is 2.02. The van der Waals surface area contributed by atoms with Gasteiger partial charge in [0.15, 0.2) is 0 Å². The van der Waals surface area contributed by atoms with Gasteiger partial charge in [0.1, 0.15) is 6.04 Å². The first kappa shape index (κ1) is 23.0. The van der Waals surface area contributed by atoms with Crippen molar-refractivity contribution in [1.29, 1.82) is 0 Å². The molecule has 0 saturated carbocycles. The van der Waals surface area contributed by atoms with Crippen molar-refractivity contribution >= 4 is 48.7 Å². The van der Waals surface area contributed by atoms with Crippen LogP contribution in [0.4, 0.5) is 0 Å². The van der Waals surface area contributed by atoms with Gasteiger partial charge in [0.25, 0.3) is 10.0 Å². The van der Waals surface area contributed by atoms with E-state index in [-0.39, 0.29) is 23.8 Å². The maximum atomic E-state index is 13.4. The van der Waals surface area contributed by atoms with Gasteiger partial charge in [-0.05, 0) is 43.7 Å². The van der Waals surface area contributed by atoms with E-state index >= 15 is 0 Å². The molecule has 0 fully saturated rings. The third-order valence-corrected chi connectivity index (χ3v) is 6.95. The Labute approximate surface area is 189 Å². The largest absolute Gasteiger partial charge is 0.464 e. The van der Waals surface area contributed by atoms with E-state index in [9.17, 15) is 18.0 Å². The molecule has 1 atom stereocenters. The number of nitrogens with one attached hydrogen (secondary N) is 1. The second-order valence-electron chi connectivity index (χ2n) is 7.14. The minimum Gasteiger partial charge on any atom is -0.464 e. The summed E-state index contributed by atoms with van der Waals surface area (Å²) < 4.78 is 33.7. The zero-order chi connectivity index (χ0) is 22.8. The highest BCUT2D eigenvalue weighted by Gasteiger charge is 2.26. The zero-order valence-electron chi connectivity index (χ0n) is 17.4. The number of fused-ring (bicyclic) bond motifs is 1. The summed E-state index contributed by atoms with van der Waals surface area (Å²) in [5, 5.41) is 3.26. The Morgan fingerprint density at radius 2 is 1.84 bits per heavy atom. The predicted molar refractivity (Wildman–Crippen MR) is 121 cm³/mol. The number of esters is 1. The molecule has 7 nitrogen and oxygen atoms in total. The minimum absolute atomic E-state index is 0.0902. The van der Waals surface area contributed by atoms with Crippen molar-refractivity contribution in [1.82, 2.24) is 9.29 Å². The first-order chi connectivity index (χ1) is 14.6. The van der Waals surface area contributed by atoms with Crippen molar-refractivity contribution in [3.05, 3.63) is 64.3 Å². The average Bonchev–Trinajstić information content (AvgIpc) is 3.06. The molecule has 0 aliphatic carbocycles. The third kappa shape index (κ3) is 4.99. The number of benzene rings is 2. The summed E-state index contributed by atoms with van der Waals surface area (Å²) in [6.45, 7) is 5.05. The average molecular weight is 507 g/mol. The highest BCUT2D eigenvalue weighted by molar-refractivity contribution is 9.10. The lowest BCUT2D eigenvalue weighted by molar-refractivity contribution is -0.147. The molecule has 1 N–H and O–H groups in total. The van der Waals surface area contributed by atoms with Gasteiger partial charge in [-0.3, -0.25) is 4.79 Å². The highest BCUT2D eigenvalue weighted by atomic mass is 79.9. The number of carbonyl (C=O) groups is 2. The summed E-state index contributed by atoms with van der Waals surface area (Å²) in [7, 11) is -3.88. The molecule has 0 saturated heterocycles. The summed E-state index contributed by atoms with van der Waals surface area (Å²) in [4.78, 5) is 24.1. The fraction of sp³-hybridized carbons (Fsp3) is 0.273. The van der Waals surface area contributed by atoms with Crippen molar-refractivity contribution in [3.8, 4) is 0 Å². The van der Waals surface area contributed by atoms with Crippen LogP contribution in [0.15, 0.2) is 58.0 Å². The van der Waals surface area contributed by atoms with E-state index in [1.807, 2.05) is 6.92 Å². The first-order valence-corrected chi connectivity index (χ1v) is 11.9. The second kappa shape index (κ2) is 9.23. The van der Waals surface area contributed by atoms with Crippen LogP contribution in [-0.2, 0) is 30.8 Å². The fourth-order valence-electron chi connectivity index (χ4n) is 3.33. The Kier molecular flexibility index (Phi) is 6.86. The molecule has 3 aromatic rings. The van der Waals surface area contributed by atoms with Gasteiger partial charge in [0.2, 0.25) is 5.91 Å². The maximum Gasteiger partial charge on any atom is 0.328 e. The molecule has 31 heavy (non-hydrogen) atoms. The minimum atomic E-state index is -3.88. The lowest BCUT2D eigenvalue weighted by atomic mass is 10.0. The molecule has 1 heterocycles. The Morgan fingerprint density at radius 1 is 1.16 bits per heavy atom. The quantitative estimate of drug-likeness (QED) is 0.494. The van der Waals surface area contributed by atoms with E-state index in [2.05, 4.69) is 21.2 Å². The lowest BCUT2D eigenvalue weighted by Crippen LogP contribution is -2.42. The number of rotatable bonds is 7. The van der Waals surface area contributed by atoms with Crippen LogP contribution in [0.2, 0.25) is 0 Å². The number of halogens is 1. The van der Waals surface area contributed by atoms with E-state index in [0.29, 0.717) is 20.9 Å². The van der Waals surface area contributed by atoms with Gasteiger partial charge in [-0.2, -0.15) is 0 Å². The van der Waals surface area contributed by atoms with Crippen LogP contribution in [0.1, 0.15) is 25.0 Å². The van der Waals surface area contributed by atoms with Gasteiger partial charge in [-0.25, -0.2) is 17.2 Å². The molecular weight excluding hydrogens is 484 g/mol. The number of ether oxygens (including phenoxy) is 1. The van der Waals surface area contributed by atoms with Crippen molar-refractivity contribution in [3.63, 3.8) is 0 Å². The number of nitrogens with zero attached hydrogens (tertiary/aromatic N) is 1. The molecule has 1 amide bonds. The van der Waals surface area contributed by atoms with Crippen molar-refractivity contribution in [2.24, 2.45) is 0 Å². The molecule has 0 radical (unpaired) electrons. The second-order valence-corrected chi connectivity index (χ2v) is 9.87. The zero-order valence-corrected chi connectivity index (χ0v) is 19.8. The van der Waals surface area contributed by atoms with Gasteiger partial charge in [-0.1, -0.05) is 39.7 Å². The molecule has 0 spiro atoms. The van der Waals surface area contributed by atoms with E-state index < -0.39 is 22.0 Å². The van der Waals surface area contributed by atoms with Crippen LogP contribution in [0, 0.1) is 6.92 Å². The smallest absolute Gasteiger partial charge is 0.328 e. The van der Waals surface area contributed by atoms with Crippen molar-refractivity contribution in [2.45, 2.75) is 38.1 Å². The van der Waals surface area contributed by atoms with Gasteiger partial charge in [0, 0.05) is 29.4 Å². The molecule has 0 bridgehead atoms. The monoisotopic (exact) mass is 506 g/mol. The number of aromatic nitrogens is 1. The Hall–Kier alpha value is -2.65. The Balaban J connectivity index is 2.13. The van der Waals surface area contributed by atoms with Gasteiger partial charge < -0.3 is 10.1 Å². The van der Waals surface area contributed by atoms with E-state index in [0.717, 1.165) is 5.56 Å². The summed E-state index contributed by atoms with van der Waals surface area (Å²) in [6.07, 6.45) is 1.59. The van der Waals surface area contributed by atoms with Crippen LogP contribution in [0.25, 0.3) is 10.9 Å².